The van der Waals surface area contributed by atoms with E-state index in [1.165, 1.54) is 22.2 Å². The second kappa shape index (κ2) is 4.72. The lowest BCUT2D eigenvalue weighted by Crippen LogP contribution is -2.40. The van der Waals surface area contributed by atoms with Crippen LogP contribution in [0.2, 0.25) is 0 Å². The van der Waals surface area contributed by atoms with E-state index < -0.39 is 0 Å². The van der Waals surface area contributed by atoms with Crippen LogP contribution in [0.4, 0.5) is 0 Å². The summed E-state index contributed by atoms with van der Waals surface area (Å²) in [5.41, 5.74) is 2.49. The van der Waals surface area contributed by atoms with Crippen molar-refractivity contribution in [3.63, 3.8) is 0 Å². The maximum atomic E-state index is 4.35. The van der Waals surface area contributed by atoms with Crippen LogP contribution in [0.15, 0.2) is 53.4 Å². The molecule has 0 amide bonds. The van der Waals surface area contributed by atoms with Gasteiger partial charge < -0.3 is 9.88 Å². The van der Waals surface area contributed by atoms with Gasteiger partial charge in [-0.3, -0.25) is 0 Å². The van der Waals surface area contributed by atoms with Gasteiger partial charge in [-0.1, -0.05) is 40.2 Å². The number of nitrogens with zero attached hydrogens (tertiary/aromatic N) is 2. The number of fused-ring (bicyclic) bond motifs is 1. The largest absolute Gasteiger partial charge is 0.315 e. The number of halogens is 1. The summed E-state index contributed by atoms with van der Waals surface area (Å²) in [5.74, 6) is 0.569. The lowest BCUT2D eigenvalue weighted by atomic mass is 9.99. The minimum absolute atomic E-state index is 0.569. The van der Waals surface area contributed by atoms with Crippen molar-refractivity contribution in [2.45, 2.75) is 5.92 Å². The molecule has 0 aliphatic carbocycles. The average Bonchev–Trinajstić information content (AvgIpc) is 2.86. The summed E-state index contributed by atoms with van der Waals surface area (Å²) in [6.45, 7) is 2.08. The topological polar surface area (TPSA) is 29.9 Å². The molecule has 0 spiro atoms. The lowest BCUT2D eigenvalue weighted by Gasteiger charge is -2.28. The Morgan fingerprint density at radius 1 is 1.10 bits per heavy atom. The summed E-state index contributed by atoms with van der Waals surface area (Å²) in [5, 5.41) is 5.80. The van der Waals surface area contributed by atoms with Crippen LogP contribution >= 0.6 is 15.9 Å². The highest BCUT2D eigenvalue weighted by Gasteiger charge is 2.23. The van der Waals surface area contributed by atoms with Crippen molar-refractivity contribution in [3.05, 3.63) is 59.1 Å². The fourth-order valence-corrected chi connectivity index (χ4v) is 3.24. The molecule has 20 heavy (non-hydrogen) atoms. The van der Waals surface area contributed by atoms with Gasteiger partial charge in [0, 0.05) is 40.8 Å². The molecule has 4 heteroatoms. The number of benzene rings is 2. The number of nitrogens with one attached hydrogen (secondary N) is 1. The second-order valence-corrected chi connectivity index (χ2v) is 6.01. The van der Waals surface area contributed by atoms with Crippen molar-refractivity contribution in [2.24, 2.45) is 0 Å². The van der Waals surface area contributed by atoms with E-state index in [9.17, 15) is 0 Å². The molecule has 0 saturated carbocycles. The predicted octanol–water partition coefficient (Wildman–Crippen LogP) is 3.47. The van der Waals surface area contributed by atoms with Crippen LogP contribution in [-0.2, 0) is 0 Å². The van der Waals surface area contributed by atoms with Crippen molar-refractivity contribution < 1.29 is 0 Å². The van der Waals surface area contributed by atoms with Gasteiger partial charge in [-0.2, -0.15) is 0 Å². The first-order chi connectivity index (χ1) is 9.84. The van der Waals surface area contributed by atoms with Gasteiger partial charge in [0.25, 0.3) is 0 Å². The van der Waals surface area contributed by atoms with E-state index in [0.29, 0.717) is 5.92 Å². The summed E-state index contributed by atoms with van der Waals surface area (Å²) in [7, 11) is 0. The van der Waals surface area contributed by atoms with E-state index in [0.717, 1.165) is 17.6 Å². The third-order valence-electron chi connectivity index (χ3n) is 3.97. The van der Waals surface area contributed by atoms with Gasteiger partial charge in [0.15, 0.2) is 0 Å². The maximum absolute atomic E-state index is 4.35. The van der Waals surface area contributed by atoms with Gasteiger partial charge in [-0.05, 0) is 17.5 Å². The molecule has 2 aromatic carbocycles. The van der Waals surface area contributed by atoms with E-state index in [2.05, 4.69) is 67.2 Å². The summed E-state index contributed by atoms with van der Waals surface area (Å²) in [6.07, 6.45) is 3.91. The van der Waals surface area contributed by atoms with Crippen molar-refractivity contribution in [3.8, 4) is 5.69 Å². The van der Waals surface area contributed by atoms with Crippen LogP contribution in [0.5, 0.6) is 0 Å². The van der Waals surface area contributed by atoms with Crippen molar-refractivity contribution in [1.29, 1.82) is 0 Å². The molecular weight excluding hydrogens is 314 g/mol. The lowest BCUT2D eigenvalue weighted by molar-refractivity contribution is 0.435. The van der Waals surface area contributed by atoms with Crippen LogP contribution in [0.25, 0.3) is 16.5 Å². The van der Waals surface area contributed by atoms with Crippen molar-refractivity contribution in [1.82, 2.24) is 14.9 Å². The molecule has 2 heterocycles. The monoisotopic (exact) mass is 327 g/mol. The van der Waals surface area contributed by atoms with Gasteiger partial charge in [0.2, 0.25) is 0 Å². The summed E-state index contributed by atoms with van der Waals surface area (Å²) in [4.78, 5) is 4.35. The molecule has 1 fully saturated rings. The van der Waals surface area contributed by atoms with Gasteiger partial charge >= 0.3 is 0 Å². The second-order valence-electron chi connectivity index (χ2n) is 5.16. The van der Waals surface area contributed by atoms with Gasteiger partial charge in [-0.15, -0.1) is 0 Å². The molecule has 1 aromatic heterocycles. The number of rotatable bonds is 2. The standard InChI is InChI=1S/C16H14BrN3/c17-14-5-6-15(13-4-2-1-3-12(13)14)20-10-19-9-16(20)11-7-18-8-11/h1-6,9-11,18H,7-8H2. The van der Waals surface area contributed by atoms with Gasteiger partial charge in [-0.25, -0.2) is 4.98 Å². The van der Waals surface area contributed by atoms with Crippen LogP contribution in [0, 0.1) is 0 Å². The van der Waals surface area contributed by atoms with Crippen LogP contribution < -0.4 is 5.32 Å². The molecule has 3 nitrogen and oxygen atoms in total. The fraction of sp³-hybridized carbons (Fsp3) is 0.188. The van der Waals surface area contributed by atoms with Crippen LogP contribution in [-0.4, -0.2) is 22.6 Å². The molecular formula is C16H14BrN3. The first-order valence-electron chi connectivity index (χ1n) is 6.75. The van der Waals surface area contributed by atoms with Gasteiger partial charge in [0.05, 0.1) is 12.0 Å². The molecule has 1 N–H and O–H groups in total. The minimum Gasteiger partial charge on any atom is -0.315 e. The van der Waals surface area contributed by atoms with Crippen molar-refractivity contribution in [2.75, 3.05) is 13.1 Å². The molecule has 3 aromatic rings. The van der Waals surface area contributed by atoms with E-state index in [4.69, 9.17) is 0 Å². The molecule has 100 valence electrons. The fourth-order valence-electron chi connectivity index (χ4n) is 2.76. The highest BCUT2D eigenvalue weighted by atomic mass is 79.9. The first-order valence-corrected chi connectivity index (χ1v) is 7.54. The van der Waals surface area contributed by atoms with E-state index in [-0.39, 0.29) is 0 Å². The molecule has 0 bridgehead atoms. The molecule has 0 atom stereocenters. The van der Waals surface area contributed by atoms with Crippen LogP contribution in [0.3, 0.4) is 0 Å². The number of aromatic nitrogens is 2. The zero-order chi connectivity index (χ0) is 13.5. The van der Waals surface area contributed by atoms with E-state index >= 15 is 0 Å². The molecule has 1 aliphatic rings. The zero-order valence-electron chi connectivity index (χ0n) is 10.9. The average molecular weight is 328 g/mol. The maximum Gasteiger partial charge on any atom is 0.0994 e. The zero-order valence-corrected chi connectivity index (χ0v) is 12.5. The molecule has 1 aliphatic heterocycles. The Labute approximate surface area is 125 Å². The first kappa shape index (κ1) is 12.1. The minimum atomic E-state index is 0.569. The Morgan fingerprint density at radius 2 is 1.90 bits per heavy atom. The highest BCUT2D eigenvalue weighted by Crippen LogP contribution is 2.31. The number of imidazole rings is 1. The highest BCUT2D eigenvalue weighted by molar-refractivity contribution is 9.10. The third kappa shape index (κ3) is 1.79. The van der Waals surface area contributed by atoms with E-state index in [1.807, 2.05) is 12.5 Å². The Bertz CT molecular complexity index is 774. The normalized spacial score (nSPS) is 15.4. The Hall–Kier alpha value is -1.65. The smallest absolute Gasteiger partial charge is 0.0994 e. The Morgan fingerprint density at radius 3 is 2.65 bits per heavy atom. The molecule has 0 unspecified atom stereocenters. The Kier molecular flexibility index (Phi) is 2.86. The van der Waals surface area contributed by atoms with E-state index in [1.54, 1.807) is 0 Å². The summed E-state index contributed by atoms with van der Waals surface area (Å²) in [6, 6.07) is 12.7. The quantitative estimate of drug-likeness (QED) is 0.781. The molecule has 1 saturated heterocycles. The number of hydrogen-bond acceptors (Lipinski definition) is 2. The van der Waals surface area contributed by atoms with Crippen molar-refractivity contribution >= 4 is 26.7 Å². The molecule has 4 rings (SSSR count). The van der Waals surface area contributed by atoms with Crippen LogP contribution in [0.1, 0.15) is 11.6 Å². The Balaban J connectivity index is 1.95. The molecule has 0 radical (unpaired) electrons. The predicted molar refractivity (Wildman–Crippen MR) is 84.4 cm³/mol. The SMILES string of the molecule is Brc1ccc(-n2cncc2C2CNC2)c2ccccc12. The summed E-state index contributed by atoms with van der Waals surface area (Å²) >= 11 is 3.63. The number of hydrogen-bond donors (Lipinski definition) is 1. The third-order valence-corrected chi connectivity index (χ3v) is 4.67. The summed E-state index contributed by atoms with van der Waals surface area (Å²) < 4.78 is 3.35. The van der Waals surface area contributed by atoms with Gasteiger partial charge in [0.1, 0.15) is 0 Å².